The van der Waals surface area contributed by atoms with Crippen LogP contribution in [0.2, 0.25) is 0 Å². The molecule has 0 unspecified atom stereocenters. The molecular weight excluding hydrogens is 120 g/mol. The van der Waals surface area contributed by atoms with Crippen LogP contribution in [0.4, 0.5) is 0 Å². The van der Waals surface area contributed by atoms with E-state index >= 15 is 0 Å². The number of rotatable bonds is 2. The zero-order chi connectivity index (χ0) is 6.69. The van der Waals surface area contributed by atoms with Gasteiger partial charge in [0.15, 0.2) is 5.78 Å². The minimum Gasteiger partial charge on any atom is -0.298 e. The standard InChI is InChI=1S/C4H6N4O/c1-4(9)2-8-3-5-6-7-8/h3H,2H2,1H3. The maximum absolute atomic E-state index is 10.4. The number of aromatic nitrogens is 4. The molecule has 48 valence electrons. The van der Waals surface area contributed by atoms with Gasteiger partial charge in [0, 0.05) is 0 Å². The lowest BCUT2D eigenvalue weighted by Crippen LogP contribution is -2.06. The maximum Gasteiger partial charge on any atom is 0.151 e. The molecular formula is C4H6N4O. The molecule has 1 rings (SSSR count). The van der Waals surface area contributed by atoms with Gasteiger partial charge in [-0.05, 0) is 17.4 Å². The third-order valence-corrected chi connectivity index (χ3v) is 0.776. The van der Waals surface area contributed by atoms with Crippen LogP contribution < -0.4 is 0 Å². The summed E-state index contributed by atoms with van der Waals surface area (Å²) >= 11 is 0. The van der Waals surface area contributed by atoms with Crippen LogP contribution in [0.3, 0.4) is 0 Å². The molecule has 9 heavy (non-hydrogen) atoms. The second kappa shape index (κ2) is 2.34. The highest BCUT2D eigenvalue weighted by atomic mass is 16.1. The summed E-state index contributed by atoms with van der Waals surface area (Å²) in [7, 11) is 0. The van der Waals surface area contributed by atoms with Crippen molar-refractivity contribution in [1.29, 1.82) is 0 Å². The first-order chi connectivity index (χ1) is 4.29. The van der Waals surface area contributed by atoms with Crippen molar-refractivity contribution >= 4 is 5.78 Å². The highest BCUT2D eigenvalue weighted by Crippen LogP contribution is 1.77. The maximum atomic E-state index is 10.4. The van der Waals surface area contributed by atoms with Crippen molar-refractivity contribution in [3.8, 4) is 0 Å². The lowest BCUT2D eigenvalue weighted by Gasteiger charge is -1.89. The number of tetrazole rings is 1. The molecule has 5 nitrogen and oxygen atoms in total. The van der Waals surface area contributed by atoms with E-state index < -0.39 is 0 Å². The molecule has 0 aliphatic rings. The zero-order valence-electron chi connectivity index (χ0n) is 4.98. The fourth-order valence-corrected chi connectivity index (χ4v) is 0.481. The van der Waals surface area contributed by atoms with E-state index in [0.29, 0.717) is 0 Å². The molecule has 0 spiro atoms. The largest absolute Gasteiger partial charge is 0.298 e. The molecule has 0 aliphatic heterocycles. The van der Waals surface area contributed by atoms with Crippen LogP contribution in [0.1, 0.15) is 6.92 Å². The summed E-state index contributed by atoms with van der Waals surface area (Å²) in [4.78, 5) is 10.4. The number of carbonyl (C=O) groups excluding carboxylic acids is 1. The summed E-state index contributed by atoms with van der Waals surface area (Å²) in [6, 6.07) is 0. The molecule has 1 aromatic rings. The van der Waals surface area contributed by atoms with Crippen LogP contribution in [0, 0.1) is 0 Å². The molecule has 0 atom stereocenters. The van der Waals surface area contributed by atoms with Crippen molar-refractivity contribution in [3.05, 3.63) is 6.33 Å². The third-order valence-electron chi connectivity index (χ3n) is 0.776. The Kier molecular flexibility index (Phi) is 1.53. The molecule has 0 aromatic carbocycles. The smallest absolute Gasteiger partial charge is 0.151 e. The number of hydrogen-bond donors (Lipinski definition) is 0. The summed E-state index contributed by atoms with van der Waals surface area (Å²) in [5.41, 5.74) is 0. The Hall–Kier alpha value is -1.26. The van der Waals surface area contributed by atoms with Crippen molar-refractivity contribution in [2.24, 2.45) is 0 Å². The fourth-order valence-electron chi connectivity index (χ4n) is 0.481. The molecule has 0 saturated carbocycles. The fraction of sp³-hybridized carbons (Fsp3) is 0.500. The van der Waals surface area contributed by atoms with E-state index in [0.717, 1.165) is 0 Å². The van der Waals surface area contributed by atoms with Gasteiger partial charge in [0.05, 0.1) is 0 Å². The van der Waals surface area contributed by atoms with Gasteiger partial charge in [-0.15, -0.1) is 5.10 Å². The first-order valence-electron chi connectivity index (χ1n) is 2.49. The van der Waals surface area contributed by atoms with E-state index in [2.05, 4.69) is 15.5 Å². The van der Waals surface area contributed by atoms with E-state index in [9.17, 15) is 4.79 Å². The van der Waals surface area contributed by atoms with Gasteiger partial charge in [-0.3, -0.25) is 4.79 Å². The predicted octanol–water partition coefficient (Wildman–Crippen LogP) is -0.738. The quantitative estimate of drug-likeness (QED) is 0.523. The summed E-state index contributed by atoms with van der Waals surface area (Å²) in [6.45, 7) is 1.74. The van der Waals surface area contributed by atoms with Gasteiger partial charge >= 0.3 is 0 Å². The summed E-state index contributed by atoms with van der Waals surface area (Å²) in [6.07, 6.45) is 1.40. The predicted molar refractivity (Wildman–Crippen MR) is 28.5 cm³/mol. The van der Waals surface area contributed by atoms with Crippen LogP contribution in [-0.4, -0.2) is 26.0 Å². The normalized spacial score (nSPS) is 9.44. The Bertz CT molecular complexity index is 192. The first-order valence-corrected chi connectivity index (χ1v) is 2.49. The molecule has 1 aromatic heterocycles. The number of carbonyl (C=O) groups is 1. The van der Waals surface area contributed by atoms with Crippen molar-refractivity contribution < 1.29 is 4.79 Å². The van der Waals surface area contributed by atoms with Crippen LogP contribution in [0.15, 0.2) is 6.33 Å². The Morgan fingerprint density at radius 3 is 3.00 bits per heavy atom. The average molecular weight is 126 g/mol. The third kappa shape index (κ3) is 1.60. The Morgan fingerprint density at radius 2 is 2.56 bits per heavy atom. The number of Topliss-reactive ketones (excluding diaryl/α,β-unsaturated/α-hetero) is 1. The van der Waals surface area contributed by atoms with Gasteiger partial charge in [-0.25, -0.2) is 4.68 Å². The minimum atomic E-state index is 0.0438. The van der Waals surface area contributed by atoms with Crippen molar-refractivity contribution in [3.63, 3.8) is 0 Å². The number of hydrogen-bond acceptors (Lipinski definition) is 4. The van der Waals surface area contributed by atoms with E-state index in [-0.39, 0.29) is 12.3 Å². The van der Waals surface area contributed by atoms with Gasteiger partial charge in [0.25, 0.3) is 0 Å². The molecule has 0 radical (unpaired) electrons. The van der Waals surface area contributed by atoms with E-state index in [1.165, 1.54) is 17.9 Å². The van der Waals surface area contributed by atoms with E-state index in [4.69, 9.17) is 0 Å². The molecule has 0 saturated heterocycles. The van der Waals surface area contributed by atoms with Gasteiger partial charge in [-0.1, -0.05) is 0 Å². The average Bonchev–Trinajstić information content (AvgIpc) is 2.15. The summed E-state index contributed by atoms with van der Waals surface area (Å²) < 4.78 is 1.38. The SMILES string of the molecule is CC(=O)Cn1cnnn1. The summed E-state index contributed by atoms with van der Waals surface area (Å²) in [5.74, 6) is 0.0438. The Balaban J connectivity index is 2.58. The lowest BCUT2D eigenvalue weighted by atomic mass is 10.5. The van der Waals surface area contributed by atoms with Crippen LogP contribution >= 0.6 is 0 Å². The summed E-state index contributed by atoms with van der Waals surface area (Å²) in [5, 5.41) is 10.2. The van der Waals surface area contributed by atoms with Gasteiger partial charge in [0.1, 0.15) is 12.9 Å². The van der Waals surface area contributed by atoms with Gasteiger partial charge < -0.3 is 0 Å². The monoisotopic (exact) mass is 126 g/mol. The first kappa shape index (κ1) is 5.87. The van der Waals surface area contributed by atoms with Crippen LogP contribution in [-0.2, 0) is 11.3 Å². The molecule has 1 heterocycles. The highest BCUT2D eigenvalue weighted by molar-refractivity contribution is 5.75. The minimum absolute atomic E-state index is 0.0438. The lowest BCUT2D eigenvalue weighted by molar-refractivity contribution is -0.117. The Labute approximate surface area is 51.7 Å². The molecule has 0 fully saturated rings. The molecule has 0 bridgehead atoms. The van der Waals surface area contributed by atoms with E-state index in [1.807, 2.05) is 0 Å². The molecule has 5 heteroatoms. The number of nitrogens with zero attached hydrogens (tertiary/aromatic N) is 4. The zero-order valence-corrected chi connectivity index (χ0v) is 4.98. The second-order valence-corrected chi connectivity index (χ2v) is 1.71. The molecule has 0 amide bonds. The highest BCUT2D eigenvalue weighted by Gasteiger charge is 1.94. The van der Waals surface area contributed by atoms with Gasteiger partial charge in [0.2, 0.25) is 0 Å². The molecule has 0 aliphatic carbocycles. The van der Waals surface area contributed by atoms with Crippen LogP contribution in [0.5, 0.6) is 0 Å². The topological polar surface area (TPSA) is 60.7 Å². The van der Waals surface area contributed by atoms with Crippen molar-refractivity contribution in [2.45, 2.75) is 13.5 Å². The number of ketones is 1. The van der Waals surface area contributed by atoms with Crippen molar-refractivity contribution in [1.82, 2.24) is 20.2 Å². The van der Waals surface area contributed by atoms with Crippen LogP contribution in [0.25, 0.3) is 0 Å². The van der Waals surface area contributed by atoms with E-state index in [1.54, 1.807) is 0 Å². The second-order valence-electron chi connectivity index (χ2n) is 1.71. The Morgan fingerprint density at radius 1 is 1.78 bits per heavy atom. The molecule has 0 N–H and O–H groups in total. The van der Waals surface area contributed by atoms with Gasteiger partial charge in [-0.2, -0.15) is 0 Å². The van der Waals surface area contributed by atoms with Crippen molar-refractivity contribution in [2.75, 3.05) is 0 Å².